The second-order valence-corrected chi connectivity index (χ2v) is 12.9. The van der Waals surface area contributed by atoms with E-state index in [4.69, 9.17) is 4.55 Å². The summed E-state index contributed by atoms with van der Waals surface area (Å²) in [7, 11) is -4.16. The van der Waals surface area contributed by atoms with Gasteiger partial charge in [-0.3, -0.25) is 9.35 Å². The quantitative estimate of drug-likeness (QED) is 0.371. The highest BCUT2D eigenvalue weighted by molar-refractivity contribution is 14.1. The lowest BCUT2D eigenvalue weighted by atomic mass is 9.63. The van der Waals surface area contributed by atoms with Gasteiger partial charge in [0.15, 0.2) is 0 Å². The third-order valence-electron chi connectivity index (χ3n) is 3.93. The van der Waals surface area contributed by atoms with E-state index < -0.39 is 26.8 Å². The van der Waals surface area contributed by atoms with Crippen molar-refractivity contribution in [1.82, 2.24) is 5.32 Å². The minimum absolute atomic E-state index is 0.0790. The minimum atomic E-state index is -4.16. The van der Waals surface area contributed by atoms with Crippen LogP contribution in [0, 0.1) is 10.8 Å². The van der Waals surface area contributed by atoms with Crippen molar-refractivity contribution in [3.63, 3.8) is 0 Å². The van der Waals surface area contributed by atoms with E-state index in [0.29, 0.717) is 6.42 Å². The fourth-order valence-corrected chi connectivity index (χ4v) is 4.21. The molecule has 5 nitrogen and oxygen atoms in total. The van der Waals surface area contributed by atoms with Gasteiger partial charge in [0.25, 0.3) is 10.1 Å². The number of amides is 1. The zero-order valence-electron chi connectivity index (χ0n) is 14.9. The summed E-state index contributed by atoms with van der Waals surface area (Å²) in [5, 5.41) is 2.80. The molecule has 22 heavy (non-hydrogen) atoms. The number of rotatable bonds is 6. The van der Waals surface area contributed by atoms with E-state index >= 15 is 0 Å². The maximum absolute atomic E-state index is 12.9. The maximum Gasteiger partial charge on any atom is 0.267 e. The van der Waals surface area contributed by atoms with E-state index in [-0.39, 0.29) is 14.7 Å². The molecule has 0 aromatic rings. The van der Waals surface area contributed by atoms with E-state index in [9.17, 15) is 13.2 Å². The van der Waals surface area contributed by atoms with Gasteiger partial charge in [0.05, 0.1) is 16.7 Å². The number of carbonyl (C=O) groups is 1. The van der Waals surface area contributed by atoms with Crippen LogP contribution in [0.15, 0.2) is 0 Å². The predicted octanol–water partition coefficient (Wildman–Crippen LogP) is 3.43. The lowest BCUT2D eigenvalue weighted by molar-refractivity contribution is -0.138. The molecule has 0 aliphatic rings. The van der Waals surface area contributed by atoms with E-state index in [0.717, 1.165) is 0 Å². The van der Waals surface area contributed by atoms with Gasteiger partial charge >= 0.3 is 0 Å². The molecule has 0 aromatic heterocycles. The topological polar surface area (TPSA) is 83.5 Å². The van der Waals surface area contributed by atoms with Crippen molar-refractivity contribution < 1.29 is 17.8 Å². The zero-order valence-corrected chi connectivity index (χ0v) is 17.8. The molecule has 0 spiro atoms. The summed E-state index contributed by atoms with van der Waals surface area (Å²) in [6, 6.07) is 0. The van der Waals surface area contributed by atoms with Gasteiger partial charge in [-0.15, -0.1) is 0 Å². The SMILES string of the molecule is CC(C)(I)CC(C)(C(=O)NC(C)(C)CS(=O)(=O)O)C(C)(C)C. The molecular weight excluding hydrogens is 417 g/mol. The lowest BCUT2D eigenvalue weighted by Gasteiger charge is -2.45. The van der Waals surface area contributed by atoms with Crippen molar-refractivity contribution >= 4 is 38.6 Å². The molecule has 0 rings (SSSR count). The zero-order chi connectivity index (χ0) is 18.2. The Balaban J connectivity index is 5.50. The molecule has 1 atom stereocenters. The summed E-state index contributed by atoms with van der Waals surface area (Å²) in [6.07, 6.45) is 0.651. The smallest absolute Gasteiger partial charge is 0.267 e. The predicted molar refractivity (Wildman–Crippen MR) is 98.9 cm³/mol. The Hall–Kier alpha value is 0.110. The first kappa shape index (κ1) is 22.1. The van der Waals surface area contributed by atoms with Crippen LogP contribution in [0.4, 0.5) is 0 Å². The van der Waals surface area contributed by atoms with Crippen molar-refractivity contribution in [3.8, 4) is 0 Å². The molecule has 1 amide bonds. The fraction of sp³-hybridized carbons (Fsp3) is 0.933. The number of hydrogen-bond donors (Lipinski definition) is 2. The van der Waals surface area contributed by atoms with E-state index in [2.05, 4.69) is 41.8 Å². The van der Waals surface area contributed by atoms with Crippen LogP contribution < -0.4 is 5.32 Å². The molecule has 132 valence electrons. The summed E-state index contributed by atoms with van der Waals surface area (Å²) in [5.41, 5.74) is -2.01. The summed E-state index contributed by atoms with van der Waals surface area (Å²) in [6.45, 7) is 15.2. The van der Waals surface area contributed by atoms with Crippen LogP contribution in [0.3, 0.4) is 0 Å². The minimum Gasteiger partial charge on any atom is -0.350 e. The Labute approximate surface area is 148 Å². The van der Waals surface area contributed by atoms with Crippen LogP contribution in [-0.2, 0) is 14.9 Å². The third-order valence-corrected chi connectivity index (χ3v) is 5.39. The van der Waals surface area contributed by atoms with Gasteiger partial charge < -0.3 is 5.32 Å². The van der Waals surface area contributed by atoms with Gasteiger partial charge in [-0.1, -0.05) is 64.1 Å². The van der Waals surface area contributed by atoms with Gasteiger partial charge in [0.2, 0.25) is 5.91 Å². The highest BCUT2D eigenvalue weighted by Crippen LogP contribution is 2.47. The highest BCUT2D eigenvalue weighted by Gasteiger charge is 2.48. The van der Waals surface area contributed by atoms with Crippen molar-refractivity contribution in [2.45, 2.75) is 70.8 Å². The van der Waals surface area contributed by atoms with Crippen LogP contribution in [-0.4, -0.2) is 33.6 Å². The first-order valence-corrected chi connectivity index (χ1v) is 9.95. The first-order valence-electron chi connectivity index (χ1n) is 7.26. The molecule has 7 heteroatoms. The van der Waals surface area contributed by atoms with Gasteiger partial charge in [-0.05, 0) is 25.7 Å². The molecule has 0 radical (unpaired) electrons. The van der Waals surface area contributed by atoms with Gasteiger partial charge in [-0.2, -0.15) is 8.42 Å². The number of hydrogen-bond acceptors (Lipinski definition) is 3. The van der Waals surface area contributed by atoms with Crippen LogP contribution in [0.1, 0.15) is 61.8 Å². The molecule has 0 aliphatic carbocycles. The van der Waals surface area contributed by atoms with Crippen LogP contribution in [0.5, 0.6) is 0 Å². The molecule has 0 heterocycles. The highest BCUT2D eigenvalue weighted by atomic mass is 127. The average molecular weight is 447 g/mol. The second-order valence-electron chi connectivity index (χ2n) is 8.54. The average Bonchev–Trinajstić information content (AvgIpc) is 2.06. The maximum atomic E-state index is 12.9. The normalized spacial score (nSPS) is 17.0. The van der Waals surface area contributed by atoms with E-state index in [1.54, 1.807) is 13.8 Å². The van der Waals surface area contributed by atoms with E-state index in [1.807, 2.05) is 27.7 Å². The Bertz CT molecular complexity index is 515. The number of nitrogens with one attached hydrogen (secondary N) is 1. The van der Waals surface area contributed by atoms with Crippen LogP contribution in [0.2, 0.25) is 0 Å². The van der Waals surface area contributed by atoms with Gasteiger partial charge in [0.1, 0.15) is 0 Å². The van der Waals surface area contributed by atoms with Gasteiger partial charge in [-0.25, -0.2) is 0 Å². The Morgan fingerprint density at radius 1 is 1.05 bits per heavy atom. The number of carbonyl (C=O) groups excluding carboxylic acids is 1. The molecule has 2 N–H and O–H groups in total. The first-order chi connectivity index (χ1) is 9.29. The molecular formula is C15H30INO4S. The van der Waals surface area contributed by atoms with Crippen molar-refractivity contribution in [2.24, 2.45) is 10.8 Å². The Morgan fingerprint density at radius 2 is 1.45 bits per heavy atom. The molecule has 0 bridgehead atoms. The summed E-state index contributed by atoms with van der Waals surface area (Å²) < 4.78 is 31.2. The molecule has 0 aliphatic heterocycles. The summed E-state index contributed by atoms with van der Waals surface area (Å²) in [4.78, 5) is 12.9. The van der Waals surface area contributed by atoms with Crippen LogP contribution in [0.25, 0.3) is 0 Å². The van der Waals surface area contributed by atoms with Crippen molar-refractivity contribution in [2.75, 3.05) is 5.75 Å². The molecule has 0 fully saturated rings. The molecule has 0 saturated carbocycles. The summed E-state index contributed by atoms with van der Waals surface area (Å²) in [5.74, 6) is -0.710. The van der Waals surface area contributed by atoms with Crippen molar-refractivity contribution in [3.05, 3.63) is 0 Å². The van der Waals surface area contributed by atoms with Crippen LogP contribution >= 0.6 is 22.6 Å². The lowest BCUT2D eigenvalue weighted by Crippen LogP contribution is -2.57. The largest absolute Gasteiger partial charge is 0.350 e. The standard InChI is InChI=1S/C15H30INO4S/c1-12(2,3)15(8,9-13(4,5)16)11(18)17-14(6,7)10-22(19,20)21/h9-10H2,1-8H3,(H,17,18)(H,19,20,21). The molecule has 0 saturated heterocycles. The number of halogens is 1. The van der Waals surface area contributed by atoms with E-state index in [1.165, 1.54) is 0 Å². The Morgan fingerprint density at radius 3 is 1.73 bits per heavy atom. The molecule has 0 aromatic carbocycles. The number of alkyl halides is 1. The monoisotopic (exact) mass is 447 g/mol. The second kappa shape index (κ2) is 6.55. The van der Waals surface area contributed by atoms with Gasteiger partial charge in [0, 0.05) is 3.42 Å². The summed E-state index contributed by atoms with van der Waals surface area (Å²) >= 11 is 2.32. The fourth-order valence-electron chi connectivity index (χ4n) is 2.46. The Kier molecular flexibility index (Phi) is 6.58. The third kappa shape index (κ3) is 7.12. The molecule has 1 unspecified atom stereocenters. The van der Waals surface area contributed by atoms with Crippen molar-refractivity contribution in [1.29, 1.82) is 0 Å².